The zero-order valence-corrected chi connectivity index (χ0v) is 17.3. The molecule has 1 saturated carbocycles. The Hall–Kier alpha value is -1.69. The minimum absolute atomic E-state index is 0.0198. The fourth-order valence-electron chi connectivity index (χ4n) is 2.80. The summed E-state index contributed by atoms with van der Waals surface area (Å²) in [5.41, 5.74) is 1.38. The number of halogens is 6. The Kier molecular flexibility index (Phi) is 6.82. The van der Waals surface area contributed by atoms with E-state index in [2.05, 4.69) is 5.32 Å². The molecule has 0 aliphatic heterocycles. The van der Waals surface area contributed by atoms with Gasteiger partial charge in [0.2, 0.25) is 5.91 Å². The number of benzene rings is 2. The van der Waals surface area contributed by atoms with Crippen LogP contribution in [0.2, 0.25) is 15.1 Å². The molecular formula is C21H17Cl3F3NO. The first-order valence-corrected chi connectivity index (χ1v) is 10.0. The van der Waals surface area contributed by atoms with Gasteiger partial charge in [-0.1, -0.05) is 71.2 Å². The number of amides is 1. The first-order valence-electron chi connectivity index (χ1n) is 8.91. The molecule has 1 atom stereocenters. The fourth-order valence-corrected chi connectivity index (χ4v) is 3.41. The lowest BCUT2D eigenvalue weighted by Gasteiger charge is -2.18. The van der Waals surface area contributed by atoms with Gasteiger partial charge < -0.3 is 5.32 Å². The molecule has 154 valence electrons. The minimum Gasteiger partial charge on any atom is -0.352 e. The molecule has 3 rings (SSSR count). The Balaban J connectivity index is 1.73. The van der Waals surface area contributed by atoms with Gasteiger partial charge in [-0.05, 0) is 41.7 Å². The first-order chi connectivity index (χ1) is 13.6. The number of rotatable bonds is 6. The average Bonchev–Trinajstić information content (AvgIpc) is 3.49. The van der Waals surface area contributed by atoms with Gasteiger partial charge >= 0.3 is 6.18 Å². The van der Waals surface area contributed by atoms with Gasteiger partial charge in [-0.3, -0.25) is 4.79 Å². The van der Waals surface area contributed by atoms with E-state index >= 15 is 0 Å². The predicted molar refractivity (Wildman–Crippen MR) is 110 cm³/mol. The van der Waals surface area contributed by atoms with E-state index in [0.29, 0.717) is 12.1 Å². The smallest absolute Gasteiger partial charge is 0.352 e. The van der Waals surface area contributed by atoms with Gasteiger partial charge in [0.1, 0.15) is 0 Å². The molecule has 2 aromatic rings. The highest BCUT2D eigenvalue weighted by atomic mass is 35.5. The molecule has 0 heterocycles. The van der Waals surface area contributed by atoms with E-state index in [9.17, 15) is 18.0 Å². The molecule has 1 aliphatic carbocycles. The number of carbonyl (C=O) groups is 1. The van der Waals surface area contributed by atoms with Crippen molar-refractivity contribution in [1.82, 2.24) is 5.32 Å². The number of hydrogen-bond donors (Lipinski definition) is 1. The lowest BCUT2D eigenvalue weighted by molar-refractivity contribution is -0.139. The SMILES string of the molecule is O=C(NCc1ccc(/C=C/C(c2cc(Cl)c(Cl)c(Cl)c2)C(F)(F)F)cc1)C1CC1. The number of nitrogens with one attached hydrogen (secondary N) is 1. The first kappa shape index (κ1) is 22.0. The molecule has 8 heteroatoms. The number of hydrogen-bond acceptors (Lipinski definition) is 1. The summed E-state index contributed by atoms with van der Waals surface area (Å²) >= 11 is 17.6. The molecule has 2 nitrogen and oxygen atoms in total. The zero-order valence-electron chi connectivity index (χ0n) is 15.1. The Morgan fingerprint density at radius 2 is 1.69 bits per heavy atom. The molecule has 0 radical (unpaired) electrons. The van der Waals surface area contributed by atoms with Crippen LogP contribution in [0.25, 0.3) is 6.08 Å². The summed E-state index contributed by atoms with van der Waals surface area (Å²) in [6.45, 7) is 0.395. The van der Waals surface area contributed by atoms with Crippen molar-refractivity contribution in [2.75, 3.05) is 0 Å². The summed E-state index contributed by atoms with van der Waals surface area (Å²) in [6.07, 6.45) is -0.217. The Morgan fingerprint density at radius 3 is 2.21 bits per heavy atom. The van der Waals surface area contributed by atoms with E-state index in [0.717, 1.165) is 24.5 Å². The lowest BCUT2D eigenvalue weighted by Crippen LogP contribution is -2.24. The van der Waals surface area contributed by atoms with Crippen LogP contribution >= 0.6 is 34.8 Å². The van der Waals surface area contributed by atoms with Crippen LogP contribution in [0.1, 0.15) is 35.4 Å². The summed E-state index contributed by atoms with van der Waals surface area (Å²) in [5, 5.41) is 2.80. The predicted octanol–water partition coefficient (Wildman–Crippen LogP) is 7.03. The van der Waals surface area contributed by atoms with E-state index in [1.54, 1.807) is 24.3 Å². The lowest BCUT2D eigenvalue weighted by atomic mass is 9.97. The monoisotopic (exact) mass is 461 g/mol. The van der Waals surface area contributed by atoms with Crippen LogP contribution in [0.3, 0.4) is 0 Å². The second kappa shape index (κ2) is 8.99. The van der Waals surface area contributed by atoms with Gasteiger partial charge in [-0.25, -0.2) is 0 Å². The molecule has 1 N–H and O–H groups in total. The highest BCUT2D eigenvalue weighted by Crippen LogP contribution is 2.41. The molecular weight excluding hydrogens is 446 g/mol. The molecule has 0 bridgehead atoms. The number of carbonyl (C=O) groups excluding carboxylic acids is 1. The van der Waals surface area contributed by atoms with Crippen LogP contribution in [0.15, 0.2) is 42.5 Å². The molecule has 1 amide bonds. The van der Waals surface area contributed by atoms with Crippen LogP contribution in [-0.4, -0.2) is 12.1 Å². The molecule has 2 aromatic carbocycles. The second-order valence-corrected chi connectivity index (χ2v) is 8.10. The van der Waals surface area contributed by atoms with Crippen LogP contribution in [0, 0.1) is 5.92 Å². The third kappa shape index (κ3) is 5.91. The molecule has 0 spiro atoms. The van der Waals surface area contributed by atoms with Crippen LogP contribution < -0.4 is 5.32 Å². The van der Waals surface area contributed by atoms with Crippen molar-refractivity contribution in [3.05, 3.63) is 74.2 Å². The van der Waals surface area contributed by atoms with Crippen LogP contribution in [0.5, 0.6) is 0 Å². The van der Waals surface area contributed by atoms with Crippen molar-refractivity contribution in [2.24, 2.45) is 5.92 Å². The molecule has 1 unspecified atom stereocenters. The highest BCUT2D eigenvalue weighted by Gasteiger charge is 2.39. The van der Waals surface area contributed by atoms with Gasteiger partial charge in [-0.2, -0.15) is 13.2 Å². The molecule has 1 aliphatic rings. The minimum atomic E-state index is -4.52. The standard InChI is InChI=1S/C21H17Cl3F3NO/c22-17-9-15(10-18(23)19(17)24)16(21(25,26)27)8-5-12-1-3-13(4-2-12)11-28-20(29)14-6-7-14/h1-5,8-10,14,16H,6-7,11H2,(H,28,29)/b8-5+. The third-order valence-electron chi connectivity index (χ3n) is 4.59. The summed E-state index contributed by atoms with van der Waals surface area (Å²) < 4.78 is 40.7. The topological polar surface area (TPSA) is 29.1 Å². The Bertz CT molecular complexity index is 899. The van der Waals surface area contributed by atoms with Gasteiger partial charge in [0.05, 0.1) is 21.0 Å². The van der Waals surface area contributed by atoms with E-state index < -0.39 is 12.1 Å². The van der Waals surface area contributed by atoms with E-state index in [4.69, 9.17) is 34.8 Å². The van der Waals surface area contributed by atoms with Crippen LogP contribution in [-0.2, 0) is 11.3 Å². The summed E-state index contributed by atoms with van der Waals surface area (Å²) in [5.74, 6) is -1.71. The molecule has 1 fully saturated rings. The fraction of sp³-hybridized carbons (Fsp3) is 0.286. The Labute approximate surface area is 181 Å². The van der Waals surface area contributed by atoms with E-state index in [1.807, 2.05) is 0 Å². The van der Waals surface area contributed by atoms with Crippen molar-refractivity contribution in [3.8, 4) is 0 Å². The van der Waals surface area contributed by atoms with Gasteiger partial charge in [0.25, 0.3) is 0 Å². The summed E-state index contributed by atoms with van der Waals surface area (Å²) in [7, 11) is 0. The molecule has 0 saturated heterocycles. The number of alkyl halides is 3. The van der Waals surface area contributed by atoms with Crippen molar-refractivity contribution < 1.29 is 18.0 Å². The highest BCUT2D eigenvalue weighted by molar-refractivity contribution is 6.48. The van der Waals surface area contributed by atoms with Gasteiger partial charge in [0.15, 0.2) is 0 Å². The maximum atomic E-state index is 13.6. The largest absolute Gasteiger partial charge is 0.399 e. The van der Waals surface area contributed by atoms with Gasteiger partial charge in [-0.15, -0.1) is 0 Å². The maximum absolute atomic E-state index is 13.6. The Morgan fingerprint density at radius 1 is 1.10 bits per heavy atom. The van der Waals surface area contributed by atoms with Crippen molar-refractivity contribution in [2.45, 2.75) is 31.5 Å². The van der Waals surface area contributed by atoms with Crippen LogP contribution in [0.4, 0.5) is 13.2 Å². The molecule has 29 heavy (non-hydrogen) atoms. The second-order valence-electron chi connectivity index (χ2n) is 6.91. The maximum Gasteiger partial charge on any atom is 0.399 e. The average molecular weight is 463 g/mol. The van der Waals surface area contributed by atoms with Crippen molar-refractivity contribution in [3.63, 3.8) is 0 Å². The van der Waals surface area contributed by atoms with E-state index in [1.165, 1.54) is 18.2 Å². The zero-order chi connectivity index (χ0) is 21.2. The van der Waals surface area contributed by atoms with E-state index in [-0.39, 0.29) is 32.5 Å². The molecule has 0 aromatic heterocycles. The normalized spacial score (nSPS) is 15.5. The number of allylic oxidation sites excluding steroid dienone is 1. The third-order valence-corrected chi connectivity index (χ3v) is 5.79. The van der Waals surface area contributed by atoms with Crippen molar-refractivity contribution >= 4 is 46.8 Å². The summed E-state index contributed by atoms with van der Waals surface area (Å²) in [6, 6.07) is 9.28. The van der Waals surface area contributed by atoms with Gasteiger partial charge in [0, 0.05) is 12.5 Å². The summed E-state index contributed by atoms with van der Waals surface area (Å²) in [4.78, 5) is 11.7. The quantitative estimate of drug-likeness (QED) is 0.459. The van der Waals surface area contributed by atoms with Crippen molar-refractivity contribution in [1.29, 1.82) is 0 Å².